The van der Waals surface area contributed by atoms with E-state index < -0.39 is 5.79 Å². The number of carbonyl (C=O) groups is 2. The highest BCUT2D eigenvalue weighted by atomic mass is 16.7. The van der Waals surface area contributed by atoms with E-state index in [2.05, 4.69) is 0 Å². The van der Waals surface area contributed by atoms with Gasteiger partial charge >= 0.3 is 11.9 Å². The predicted molar refractivity (Wildman–Crippen MR) is 75.5 cm³/mol. The van der Waals surface area contributed by atoms with E-state index in [9.17, 15) is 9.59 Å². The summed E-state index contributed by atoms with van der Waals surface area (Å²) >= 11 is 0. The van der Waals surface area contributed by atoms with Gasteiger partial charge in [-0.2, -0.15) is 0 Å². The second-order valence-corrected chi connectivity index (χ2v) is 6.20. The fraction of sp³-hybridized carbons (Fsp3) is 0.867. The Balaban J connectivity index is 2.49. The summed E-state index contributed by atoms with van der Waals surface area (Å²) in [5.74, 6) is -1.14. The minimum absolute atomic E-state index is 0.166. The average molecular weight is 302 g/mol. The zero-order valence-corrected chi connectivity index (χ0v) is 13.5. The van der Waals surface area contributed by atoms with Crippen LogP contribution in [-0.2, 0) is 28.5 Å². The van der Waals surface area contributed by atoms with E-state index in [1.165, 1.54) is 6.92 Å². The zero-order valence-electron chi connectivity index (χ0n) is 13.5. The van der Waals surface area contributed by atoms with Crippen molar-refractivity contribution in [3.63, 3.8) is 0 Å². The topological polar surface area (TPSA) is 71.1 Å². The van der Waals surface area contributed by atoms with Crippen molar-refractivity contribution in [3.8, 4) is 0 Å². The van der Waals surface area contributed by atoms with Crippen LogP contribution < -0.4 is 0 Å². The van der Waals surface area contributed by atoms with Crippen LogP contribution in [0, 0.1) is 5.92 Å². The molecule has 0 amide bonds. The number of esters is 2. The highest BCUT2D eigenvalue weighted by Crippen LogP contribution is 2.28. The Hall–Kier alpha value is -1.14. The molecule has 0 aliphatic carbocycles. The first-order chi connectivity index (χ1) is 9.68. The van der Waals surface area contributed by atoms with E-state index in [-0.39, 0.29) is 37.2 Å². The van der Waals surface area contributed by atoms with Crippen LogP contribution in [0.4, 0.5) is 0 Å². The summed E-state index contributed by atoms with van der Waals surface area (Å²) in [6.07, 6.45) is 0.0957. The van der Waals surface area contributed by atoms with Gasteiger partial charge in [0.2, 0.25) is 0 Å². The molecule has 0 aromatic heterocycles. The Morgan fingerprint density at radius 3 is 2.38 bits per heavy atom. The van der Waals surface area contributed by atoms with Crippen LogP contribution >= 0.6 is 0 Å². The van der Waals surface area contributed by atoms with Crippen LogP contribution in [-0.4, -0.2) is 43.1 Å². The molecule has 0 radical (unpaired) electrons. The lowest BCUT2D eigenvalue weighted by Crippen LogP contribution is -2.47. The van der Waals surface area contributed by atoms with Gasteiger partial charge in [0.25, 0.3) is 0 Å². The summed E-state index contributed by atoms with van der Waals surface area (Å²) in [5.41, 5.74) is 0. The SMILES string of the molecule is CC(=O)OCC1CC(CC(=O)OCC(C)C)OC(C)(C)O1. The lowest BCUT2D eigenvalue weighted by atomic mass is 10.1. The van der Waals surface area contributed by atoms with Crippen molar-refractivity contribution < 1.29 is 28.5 Å². The molecular formula is C15H26O6. The molecule has 0 aromatic rings. The number of rotatable bonds is 6. The summed E-state index contributed by atoms with van der Waals surface area (Å²) in [6, 6.07) is 0. The molecule has 0 saturated carbocycles. The molecule has 1 fully saturated rings. The van der Waals surface area contributed by atoms with E-state index in [1.807, 2.05) is 13.8 Å². The van der Waals surface area contributed by atoms with Gasteiger partial charge < -0.3 is 18.9 Å². The predicted octanol–water partition coefficient (Wildman–Crippen LogP) is 2.05. The minimum atomic E-state index is -0.813. The van der Waals surface area contributed by atoms with Crippen molar-refractivity contribution in [2.45, 2.75) is 65.5 Å². The first-order valence-electron chi connectivity index (χ1n) is 7.32. The molecule has 0 N–H and O–H groups in total. The summed E-state index contributed by atoms with van der Waals surface area (Å²) in [4.78, 5) is 22.6. The number of ether oxygens (including phenoxy) is 4. The molecule has 6 nitrogen and oxygen atoms in total. The third kappa shape index (κ3) is 7.43. The third-order valence-electron chi connectivity index (χ3n) is 2.87. The Labute approximate surface area is 126 Å². The van der Waals surface area contributed by atoms with Gasteiger partial charge in [-0.05, 0) is 19.8 Å². The lowest BCUT2D eigenvalue weighted by molar-refractivity contribution is -0.304. The molecule has 0 bridgehead atoms. The van der Waals surface area contributed by atoms with Crippen molar-refractivity contribution >= 4 is 11.9 Å². The number of carbonyl (C=O) groups excluding carboxylic acids is 2. The molecule has 122 valence electrons. The molecule has 2 unspecified atom stereocenters. The van der Waals surface area contributed by atoms with Gasteiger partial charge in [-0.15, -0.1) is 0 Å². The monoisotopic (exact) mass is 302 g/mol. The first-order valence-corrected chi connectivity index (χ1v) is 7.32. The van der Waals surface area contributed by atoms with Gasteiger partial charge in [-0.1, -0.05) is 13.8 Å². The van der Waals surface area contributed by atoms with Crippen LogP contribution in [0.15, 0.2) is 0 Å². The molecule has 6 heteroatoms. The highest BCUT2D eigenvalue weighted by Gasteiger charge is 2.37. The number of hydrogen-bond donors (Lipinski definition) is 0. The maximum atomic E-state index is 11.8. The van der Waals surface area contributed by atoms with Crippen LogP contribution in [0.2, 0.25) is 0 Å². The molecule has 0 spiro atoms. The van der Waals surface area contributed by atoms with Crippen molar-refractivity contribution in [2.24, 2.45) is 5.92 Å². The van der Waals surface area contributed by atoms with Gasteiger partial charge in [0.1, 0.15) is 6.61 Å². The zero-order chi connectivity index (χ0) is 16.0. The van der Waals surface area contributed by atoms with Crippen molar-refractivity contribution in [1.29, 1.82) is 0 Å². The van der Waals surface area contributed by atoms with Crippen LogP contribution in [0.3, 0.4) is 0 Å². The normalized spacial score (nSPS) is 24.7. The Kier molecular flexibility index (Phi) is 6.61. The van der Waals surface area contributed by atoms with Crippen LogP contribution in [0.1, 0.15) is 47.5 Å². The Morgan fingerprint density at radius 1 is 1.19 bits per heavy atom. The lowest BCUT2D eigenvalue weighted by Gasteiger charge is -2.40. The molecule has 21 heavy (non-hydrogen) atoms. The summed E-state index contributed by atoms with van der Waals surface area (Å²) in [7, 11) is 0. The summed E-state index contributed by atoms with van der Waals surface area (Å²) in [5, 5.41) is 0. The fourth-order valence-corrected chi connectivity index (χ4v) is 2.16. The minimum Gasteiger partial charge on any atom is -0.465 e. The summed E-state index contributed by atoms with van der Waals surface area (Å²) in [6.45, 7) is 9.44. The van der Waals surface area contributed by atoms with E-state index in [1.54, 1.807) is 13.8 Å². The van der Waals surface area contributed by atoms with Gasteiger partial charge in [-0.25, -0.2) is 0 Å². The maximum Gasteiger partial charge on any atom is 0.308 e. The highest BCUT2D eigenvalue weighted by molar-refractivity contribution is 5.70. The smallest absolute Gasteiger partial charge is 0.308 e. The van der Waals surface area contributed by atoms with E-state index in [0.29, 0.717) is 18.9 Å². The molecule has 1 saturated heterocycles. The van der Waals surface area contributed by atoms with E-state index >= 15 is 0 Å². The first kappa shape index (κ1) is 17.9. The Morgan fingerprint density at radius 2 is 1.81 bits per heavy atom. The molecule has 1 aliphatic rings. The molecule has 0 aromatic carbocycles. The standard InChI is InChI=1S/C15H26O6/c1-10(2)8-19-14(17)7-12-6-13(9-18-11(3)16)21-15(4,5)20-12/h10,12-13H,6-9H2,1-5H3. The Bertz CT molecular complexity index is 363. The number of hydrogen-bond acceptors (Lipinski definition) is 6. The average Bonchev–Trinajstić information content (AvgIpc) is 2.32. The van der Waals surface area contributed by atoms with Crippen LogP contribution in [0.5, 0.6) is 0 Å². The fourth-order valence-electron chi connectivity index (χ4n) is 2.16. The molecular weight excluding hydrogens is 276 g/mol. The molecule has 1 heterocycles. The van der Waals surface area contributed by atoms with Crippen LogP contribution in [0.25, 0.3) is 0 Å². The van der Waals surface area contributed by atoms with Gasteiger partial charge in [0, 0.05) is 13.3 Å². The summed E-state index contributed by atoms with van der Waals surface area (Å²) < 4.78 is 21.5. The second-order valence-electron chi connectivity index (χ2n) is 6.20. The van der Waals surface area contributed by atoms with E-state index in [0.717, 1.165) is 0 Å². The molecule has 1 rings (SSSR count). The van der Waals surface area contributed by atoms with E-state index in [4.69, 9.17) is 18.9 Å². The second kappa shape index (κ2) is 7.75. The molecule has 2 atom stereocenters. The van der Waals surface area contributed by atoms with Crippen molar-refractivity contribution in [3.05, 3.63) is 0 Å². The van der Waals surface area contributed by atoms with Gasteiger partial charge in [0.15, 0.2) is 5.79 Å². The van der Waals surface area contributed by atoms with Crippen molar-refractivity contribution in [2.75, 3.05) is 13.2 Å². The largest absolute Gasteiger partial charge is 0.465 e. The van der Waals surface area contributed by atoms with Crippen molar-refractivity contribution in [1.82, 2.24) is 0 Å². The molecule has 1 aliphatic heterocycles. The van der Waals surface area contributed by atoms with Gasteiger partial charge in [-0.3, -0.25) is 9.59 Å². The third-order valence-corrected chi connectivity index (χ3v) is 2.87. The maximum absolute atomic E-state index is 11.8. The quantitative estimate of drug-likeness (QED) is 0.699. The van der Waals surface area contributed by atoms with Gasteiger partial charge in [0.05, 0.1) is 25.2 Å².